The van der Waals surface area contributed by atoms with Crippen LogP contribution < -0.4 is 10.6 Å². The minimum absolute atomic E-state index is 0. The zero-order valence-corrected chi connectivity index (χ0v) is 12.8. The lowest BCUT2D eigenvalue weighted by Gasteiger charge is -2.17. The van der Waals surface area contributed by atoms with Crippen LogP contribution in [-0.4, -0.2) is 50.6 Å². The molecule has 0 bridgehead atoms. The fraction of sp³-hybridized carbons (Fsp3) is 0.909. The highest BCUT2D eigenvalue weighted by molar-refractivity contribution is 5.85. The second kappa shape index (κ2) is 16.0. The molecule has 0 aromatic carbocycles. The lowest BCUT2D eigenvalue weighted by molar-refractivity contribution is -0.120. The maximum absolute atomic E-state index is 11.1. The second-order valence-corrected chi connectivity index (χ2v) is 3.61. The van der Waals surface area contributed by atoms with Crippen molar-refractivity contribution in [3.8, 4) is 0 Å². The SMILES string of the molecule is CCN(CC)CCCCNC(=O)CNC.Cl.Cl. The van der Waals surface area contributed by atoms with Gasteiger partial charge in [-0.15, -0.1) is 24.8 Å². The van der Waals surface area contributed by atoms with Crippen molar-refractivity contribution in [1.29, 1.82) is 0 Å². The lowest BCUT2D eigenvalue weighted by Crippen LogP contribution is -2.33. The molecule has 0 aromatic heterocycles. The topological polar surface area (TPSA) is 44.4 Å². The van der Waals surface area contributed by atoms with E-state index < -0.39 is 0 Å². The third-order valence-electron chi connectivity index (χ3n) is 2.46. The van der Waals surface area contributed by atoms with Gasteiger partial charge in [-0.3, -0.25) is 4.79 Å². The Bertz CT molecular complexity index is 167. The number of nitrogens with zero attached hydrogens (tertiary/aromatic N) is 1. The Morgan fingerprint density at radius 3 is 2.18 bits per heavy atom. The number of nitrogens with one attached hydrogen (secondary N) is 2. The van der Waals surface area contributed by atoms with E-state index in [2.05, 4.69) is 29.4 Å². The molecule has 17 heavy (non-hydrogen) atoms. The number of rotatable bonds is 9. The molecule has 4 nitrogen and oxygen atoms in total. The zero-order chi connectivity index (χ0) is 11.5. The molecular weight excluding hydrogens is 261 g/mol. The smallest absolute Gasteiger partial charge is 0.233 e. The summed E-state index contributed by atoms with van der Waals surface area (Å²) in [5.74, 6) is 0.0836. The van der Waals surface area contributed by atoms with Gasteiger partial charge in [-0.2, -0.15) is 0 Å². The van der Waals surface area contributed by atoms with Crippen LogP contribution in [0.25, 0.3) is 0 Å². The van der Waals surface area contributed by atoms with Gasteiger partial charge in [0.05, 0.1) is 6.54 Å². The first-order valence-electron chi connectivity index (χ1n) is 5.88. The predicted molar refractivity (Wildman–Crippen MR) is 78.5 cm³/mol. The van der Waals surface area contributed by atoms with E-state index in [-0.39, 0.29) is 30.7 Å². The van der Waals surface area contributed by atoms with E-state index in [1.807, 2.05) is 0 Å². The minimum Gasteiger partial charge on any atom is -0.355 e. The van der Waals surface area contributed by atoms with E-state index in [1.54, 1.807) is 7.05 Å². The van der Waals surface area contributed by atoms with Crippen molar-refractivity contribution in [1.82, 2.24) is 15.5 Å². The van der Waals surface area contributed by atoms with E-state index in [1.165, 1.54) is 0 Å². The number of likely N-dealkylation sites (N-methyl/N-ethyl adjacent to an activating group) is 1. The summed E-state index contributed by atoms with van der Waals surface area (Å²) < 4.78 is 0. The van der Waals surface area contributed by atoms with Gasteiger partial charge in [0.15, 0.2) is 0 Å². The number of carbonyl (C=O) groups excluding carboxylic acids is 1. The maximum Gasteiger partial charge on any atom is 0.233 e. The van der Waals surface area contributed by atoms with Crippen LogP contribution >= 0.6 is 24.8 Å². The molecular formula is C11H27Cl2N3O. The monoisotopic (exact) mass is 287 g/mol. The molecule has 0 atom stereocenters. The average molecular weight is 288 g/mol. The molecule has 1 amide bonds. The molecule has 0 unspecified atom stereocenters. The number of halogens is 2. The van der Waals surface area contributed by atoms with Crippen LogP contribution in [0, 0.1) is 0 Å². The van der Waals surface area contributed by atoms with Crippen molar-refractivity contribution < 1.29 is 4.79 Å². The molecule has 0 saturated carbocycles. The van der Waals surface area contributed by atoms with Gasteiger partial charge in [0.2, 0.25) is 5.91 Å². The normalized spacial score (nSPS) is 9.41. The number of carbonyl (C=O) groups is 1. The number of hydrogen-bond donors (Lipinski definition) is 2. The average Bonchev–Trinajstić information content (AvgIpc) is 2.24. The number of hydrogen-bond acceptors (Lipinski definition) is 3. The van der Waals surface area contributed by atoms with Gasteiger partial charge < -0.3 is 15.5 Å². The van der Waals surface area contributed by atoms with Gasteiger partial charge in [-0.1, -0.05) is 13.8 Å². The Labute approximate surface area is 118 Å². The fourth-order valence-corrected chi connectivity index (χ4v) is 1.45. The van der Waals surface area contributed by atoms with Crippen LogP contribution in [0.5, 0.6) is 0 Å². The van der Waals surface area contributed by atoms with Crippen molar-refractivity contribution >= 4 is 30.7 Å². The first-order valence-corrected chi connectivity index (χ1v) is 5.88. The van der Waals surface area contributed by atoms with Crippen LogP contribution in [-0.2, 0) is 4.79 Å². The highest BCUT2D eigenvalue weighted by atomic mass is 35.5. The van der Waals surface area contributed by atoms with Crippen LogP contribution in [0.1, 0.15) is 26.7 Å². The molecule has 2 N–H and O–H groups in total. The molecule has 6 heteroatoms. The third-order valence-corrected chi connectivity index (χ3v) is 2.46. The largest absolute Gasteiger partial charge is 0.355 e. The summed E-state index contributed by atoms with van der Waals surface area (Å²) in [6, 6.07) is 0. The number of unbranched alkanes of at least 4 members (excludes halogenated alkanes) is 1. The molecule has 0 saturated heterocycles. The Hall–Kier alpha value is -0.0300. The van der Waals surface area contributed by atoms with Gasteiger partial charge in [0.25, 0.3) is 0 Å². The first kappa shape index (κ1) is 22.2. The van der Waals surface area contributed by atoms with E-state index in [0.717, 1.165) is 39.0 Å². The summed E-state index contributed by atoms with van der Waals surface area (Å²) in [5.41, 5.74) is 0. The van der Waals surface area contributed by atoms with Crippen molar-refractivity contribution in [2.45, 2.75) is 26.7 Å². The van der Waals surface area contributed by atoms with Gasteiger partial charge in [0.1, 0.15) is 0 Å². The molecule has 0 aliphatic rings. The van der Waals surface area contributed by atoms with E-state index in [4.69, 9.17) is 0 Å². The van der Waals surface area contributed by atoms with Crippen LogP contribution in [0.15, 0.2) is 0 Å². The van der Waals surface area contributed by atoms with Gasteiger partial charge in [-0.05, 0) is 39.5 Å². The third kappa shape index (κ3) is 13.9. The summed E-state index contributed by atoms with van der Waals surface area (Å²) in [6.45, 7) is 8.92. The van der Waals surface area contributed by atoms with Gasteiger partial charge in [0, 0.05) is 6.54 Å². The molecule has 0 spiro atoms. The van der Waals surface area contributed by atoms with E-state index in [9.17, 15) is 4.79 Å². The van der Waals surface area contributed by atoms with Crippen molar-refractivity contribution in [3.63, 3.8) is 0 Å². The first-order chi connectivity index (χ1) is 7.24. The summed E-state index contributed by atoms with van der Waals surface area (Å²) in [7, 11) is 1.78. The Morgan fingerprint density at radius 2 is 1.71 bits per heavy atom. The molecule has 106 valence electrons. The maximum atomic E-state index is 11.1. The second-order valence-electron chi connectivity index (χ2n) is 3.61. The van der Waals surface area contributed by atoms with Crippen molar-refractivity contribution in [3.05, 3.63) is 0 Å². The van der Waals surface area contributed by atoms with Crippen LogP contribution in [0.2, 0.25) is 0 Å². The van der Waals surface area contributed by atoms with Crippen LogP contribution in [0.3, 0.4) is 0 Å². The Morgan fingerprint density at radius 1 is 1.12 bits per heavy atom. The highest BCUT2D eigenvalue weighted by Crippen LogP contribution is 1.93. The lowest BCUT2D eigenvalue weighted by atomic mass is 10.3. The molecule has 0 aliphatic carbocycles. The summed E-state index contributed by atoms with van der Waals surface area (Å²) in [5, 5.41) is 5.70. The zero-order valence-electron chi connectivity index (χ0n) is 11.1. The van der Waals surface area contributed by atoms with E-state index in [0.29, 0.717) is 6.54 Å². The molecule has 0 rings (SSSR count). The molecule has 0 heterocycles. The van der Waals surface area contributed by atoms with Crippen molar-refractivity contribution in [2.24, 2.45) is 0 Å². The van der Waals surface area contributed by atoms with Crippen molar-refractivity contribution in [2.75, 3.05) is 39.8 Å². The number of amides is 1. The van der Waals surface area contributed by atoms with E-state index >= 15 is 0 Å². The van der Waals surface area contributed by atoms with Gasteiger partial charge >= 0.3 is 0 Å². The van der Waals surface area contributed by atoms with Gasteiger partial charge in [-0.25, -0.2) is 0 Å². The summed E-state index contributed by atoms with van der Waals surface area (Å²) in [6.07, 6.45) is 2.22. The molecule has 0 radical (unpaired) electrons. The van der Waals surface area contributed by atoms with Crippen LogP contribution in [0.4, 0.5) is 0 Å². The summed E-state index contributed by atoms with van der Waals surface area (Å²) >= 11 is 0. The summed E-state index contributed by atoms with van der Waals surface area (Å²) in [4.78, 5) is 13.5. The highest BCUT2D eigenvalue weighted by Gasteiger charge is 1.99. The molecule has 0 aliphatic heterocycles. The standard InChI is InChI=1S/C11H25N3O.2ClH/c1-4-14(5-2)9-7-6-8-13-11(15)10-12-3;;/h12H,4-10H2,1-3H3,(H,13,15);2*1H. The Balaban J connectivity index is -0.000000980. The molecule has 0 fully saturated rings. The Kier molecular flexibility index (Phi) is 20.8. The fourth-order valence-electron chi connectivity index (χ4n) is 1.45. The molecule has 0 aromatic rings. The quantitative estimate of drug-likeness (QED) is 0.628. The minimum atomic E-state index is 0. The predicted octanol–water partition coefficient (Wildman–Crippen LogP) is 1.29.